The molecule has 0 bridgehead atoms. The summed E-state index contributed by atoms with van der Waals surface area (Å²) < 4.78 is 7.10. The lowest BCUT2D eigenvalue weighted by Gasteiger charge is -2.32. The Bertz CT molecular complexity index is 798. The van der Waals surface area contributed by atoms with E-state index in [-0.39, 0.29) is 17.7 Å². The highest BCUT2D eigenvalue weighted by molar-refractivity contribution is 6.30. The normalized spacial score (nSPS) is 15.0. The van der Waals surface area contributed by atoms with Gasteiger partial charge in [0.1, 0.15) is 11.9 Å². The summed E-state index contributed by atoms with van der Waals surface area (Å²) in [6.45, 7) is 1.19. The van der Waals surface area contributed by atoms with E-state index >= 15 is 0 Å². The molecule has 0 saturated carbocycles. The molecule has 1 N–H and O–H groups in total. The van der Waals surface area contributed by atoms with Crippen molar-refractivity contribution in [2.24, 2.45) is 7.05 Å². The molecule has 25 heavy (non-hydrogen) atoms. The van der Waals surface area contributed by atoms with Gasteiger partial charge < -0.3 is 9.64 Å². The number of urea groups is 1. The van der Waals surface area contributed by atoms with E-state index in [1.54, 1.807) is 17.0 Å². The number of aryl methyl sites for hydroxylation is 1. The third-order valence-electron chi connectivity index (χ3n) is 4.04. The number of hydrogen-bond acceptors (Lipinski definition) is 4. The van der Waals surface area contributed by atoms with Crippen molar-refractivity contribution in [3.63, 3.8) is 0 Å². The quantitative estimate of drug-likeness (QED) is 0.910. The lowest BCUT2D eigenvalue weighted by molar-refractivity contribution is 0.115. The number of anilines is 1. The highest BCUT2D eigenvalue weighted by Gasteiger charge is 2.24. The predicted octanol–water partition coefficient (Wildman–Crippen LogP) is 2.51. The number of piperidine rings is 1. The fraction of sp³-hybridized carbons (Fsp3) is 0.353. The molecule has 7 nitrogen and oxygen atoms in total. The van der Waals surface area contributed by atoms with Crippen LogP contribution in [0.3, 0.4) is 0 Å². The van der Waals surface area contributed by atoms with Crippen LogP contribution in [0, 0.1) is 0 Å². The summed E-state index contributed by atoms with van der Waals surface area (Å²) >= 11 is 5.86. The van der Waals surface area contributed by atoms with Gasteiger partial charge >= 0.3 is 6.03 Å². The van der Waals surface area contributed by atoms with Gasteiger partial charge in [0.05, 0.1) is 0 Å². The second kappa shape index (κ2) is 7.57. The Labute approximate surface area is 150 Å². The number of nitrogens with zero attached hydrogens (tertiary/aromatic N) is 3. The number of likely N-dealkylation sites (tertiary alicyclic amines) is 1. The number of carbonyl (C=O) groups excluding carboxylic acids is 1. The molecule has 1 aromatic carbocycles. The topological polar surface area (TPSA) is 76.5 Å². The molecule has 1 fully saturated rings. The molecular weight excluding hydrogens is 344 g/mol. The monoisotopic (exact) mass is 362 g/mol. The van der Waals surface area contributed by atoms with Crippen molar-refractivity contribution in [2.45, 2.75) is 18.9 Å². The van der Waals surface area contributed by atoms with Crippen molar-refractivity contribution in [1.82, 2.24) is 14.7 Å². The van der Waals surface area contributed by atoms with Crippen LogP contribution in [0.4, 0.5) is 10.6 Å². The van der Waals surface area contributed by atoms with Crippen LogP contribution in [0.5, 0.6) is 5.75 Å². The second-order valence-corrected chi connectivity index (χ2v) is 6.31. The largest absolute Gasteiger partial charge is 0.490 e. The molecule has 2 heterocycles. The number of amides is 2. The van der Waals surface area contributed by atoms with Crippen LogP contribution in [0.1, 0.15) is 12.8 Å². The minimum absolute atomic E-state index is 0.0703. The summed E-state index contributed by atoms with van der Waals surface area (Å²) in [7, 11) is 1.54. The Kier molecular flexibility index (Phi) is 5.23. The molecule has 1 saturated heterocycles. The van der Waals surface area contributed by atoms with Crippen LogP contribution in [-0.2, 0) is 7.05 Å². The number of hydrogen-bond donors (Lipinski definition) is 1. The van der Waals surface area contributed by atoms with E-state index in [9.17, 15) is 9.59 Å². The molecule has 3 rings (SSSR count). The third-order valence-corrected chi connectivity index (χ3v) is 4.29. The first kappa shape index (κ1) is 17.3. The Balaban J connectivity index is 1.51. The third kappa shape index (κ3) is 4.51. The summed E-state index contributed by atoms with van der Waals surface area (Å²) in [4.78, 5) is 25.3. The number of aromatic nitrogens is 2. The lowest BCUT2D eigenvalue weighted by Crippen LogP contribution is -2.44. The van der Waals surface area contributed by atoms with E-state index in [2.05, 4.69) is 10.4 Å². The van der Waals surface area contributed by atoms with Gasteiger partial charge in [-0.05, 0) is 30.3 Å². The van der Waals surface area contributed by atoms with Crippen molar-refractivity contribution < 1.29 is 9.53 Å². The summed E-state index contributed by atoms with van der Waals surface area (Å²) in [6.07, 6.45) is 1.56. The van der Waals surface area contributed by atoms with Gasteiger partial charge in [0.15, 0.2) is 5.82 Å². The van der Waals surface area contributed by atoms with E-state index in [4.69, 9.17) is 16.3 Å². The first-order valence-corrected chi connectivity index (χ1v) is 8.41. The molecule has 2 amide bonds. The summed E-state index contributed by atoms with van der Waals surface area (Å²) in [5.74, 6) is 1.13. The molecule has 2 aromatic rings. The van der Waals surface area contributed by atoms with Gasteiger partial charge in [-0.15, -0.1) is 0 Å². The number of benzene rings is 1. The molecule has 132 valence electrons. The highest BCUT2D eigenvalue weighted by atomic mass is 35.5. The van der Waals surface area contributed by atoms with Gasteiger partial charge in [0.2, 0.25) is 0 Å². The molecule has 1 aromatic heterocycles. The van der Waals surface area contributed by atoms with Crippen LogP contribution in [0.2, 0.25) is 5.02 Å². The highest BCUT2D eigenvalue weighted by Crippen LogP contribution is 2.21. The lowest BCUT2D eigenvalue weighted by atomic mass is 10.1. The molecular formula is C17H19ClN4O3. The molecule has 1 aliphatic heterocycles. The Hall–Kier alpha value is -2.54. The zero-order valence-electron chi connectivity index (χ0n) is 13.8. The van der Waals surface area contributed by atoms with Gasteiger partial charge in [-0.3, -0.25) is 10.1 Å². The number of carbonyl (C=O) groups is 1. The number of ether oxygens (including phenoxy) is 1. The first-order chi connectivity index (χ1) is 12.0. The second-order valence-electron chi connectivity index (χ2n) is 5.87. The van der Waals surface area contributed by atoms with Crippen LogP contribution in [0.25, 0.3) is 0 Å². The minimum atomic E-state index is -0.226. The zero-order valence-corrected chi connectivity index (χ0v) is 14.6. The fourth-order valence-corrected chi connectivity index (χ4v) is 2.77. The summed E-state index contributed by atoms with van der Waals surface area (Å²) in [5, 5.41) is 7.38. The van der Waals surface area contributed by atoms with Crippen LogP contribution in [0.15, 0.2) is 41.2 Å². The molecule has 0 radical (unpaired) electrons. The zero-order chi connectivity index (χ0) is 17.8. The van der Waals surface area contributed by atoms with E-state index < -0.39 is 0 Å². The van der Waals surface area contributed by atoms with Crippen molar-refractivity contribution in [2.75, 3.05) is 18.4 Å². The van der Waals surface area contributed by atoms with E-state index in [1.807, 2.05) is 12.1 Å². The molecule has 0 aliphatic carbocycles. The standard InChI is InChI=1S/C17H19ClN4O3/c1-21-16(23)7-6-15(20-21)19-17(24)22-10-8-14(9-11-22)25-13-4-2-12(18)3-5-13/h2-7,14H,8-11H2,1H3,(H,19,20,24). The SMILES string of the molecule is Cn1nc(NC(=O)N2CCC(Oc3ccc(Cl)cc3)CC2)ccc1=O. The van der Waals surface area contributed by atoms with Gasteiger partial charge in [-0.1, -0.05) is 11.6 Å². The average Bonchev–Trinajstić information content (AvgIpc) is 2.61. The minimum Gasteiger partial charge on any atom is -0.490 e. The van der Waals surface area contributed by atoms with Gasteiger partial charge in [0.25, 0.3) is 5.56 Å². The maximum Gasteiger partial charge on any atom is 0.323 e. The van der Waals surface area contributed by atoms with Crippen LogP contribution in [-0.4, -0.2) is 39.9 Å². The number of halogens is 1. The molecule has 0 spiro atoms. The predicted molar refractivity (Wildman–Crippen MR) is 95.2 cm³/mol. The average molecular weight is 363 g/mol. The Morgan fingerprint density at radius 3 is 2.52 bits per heavy atom. The molecule has 0 unspecified atom stereocenters. The maximum atomic E-state index is 12.3. The smallest absolute Gasteiger partial charge is 0.323 e. The van der Waals surface area contributed by atoms with E-state index in [1.165, 1.54) is 23.9 Å². The maximum absolute atomic E-state index is 12.3. The molecule has 8 heteroatoms. The summed E-state index contributed by atoms with van der Waals surface area (Å²) in [6, 6.07) is 9.90. The van der Waals surface area contributed by atoms with E-state index in [0.717, 1.165) is 18.6 Å². The van der Waals surface area contributed by atoms with Crippen molar-refractivity contribution in [3.05, 3.63) is 51.8 Å². The fourth-order valence-electron chi connectivity index (χ4n) is 2.64. The molecule has 0 atom stereocenters. The van der Waals surface area contributed by atoms with Crippen molar-refractivity contribution in [3.8, 4) is 5.75 Å². The number of rotatable bonds is 3. The number of nitrogens with one attached hydrogen (secondary N) is 1. The first-order valence-electron chi connectivity index (χ1n) is 8.04. The van der Waals surface area contributed by atoms with Crippen molar-refractivity contribution >= 4 is 23.4 Å². The Morgan fingerprint density at radius 1 is 1.20 bits per heavy atom. The van der Waals surface area contributed by atoms with Gasteiger partial charge in [-0.25, -0.2) is 9.48 Å². The summed E-state index contributed by atoms with van der Waals surface area (Å²) in [5.41, 5.74) is -0.224. The van der Waals surface area contributed by atoms with Crippen molar-refractivity contribution in [1.29, 1.82) is 0 Å². The van der Waals surface area contributed by atoms with Gasteiger partial charge in [-0.2, -0.15) is 5.10 Å². The van der Waals surface area contributed by atoms with Crippen LogP contribution < -0.4 is 15.6 Å². The Morgan fingerprint density at radius 2 is 1.88 bits per heavy atom. The van der Waals surface area contributed by atoms with Gasteiger partial charge in [0, 0.05) is 44.1 Å². The van der Waals surface area contributed by atoms with Crippen LogP contribution >= 0.6 is 11.6 Å². The van der Waals surface area contributed by atoms with E-state index in [0.29, 0.717) is 23.9 Å². The molecule has 1 aliphatic rings.